The second-order valence-corrected chi connectivity index (χ2v) is 6.41. The maximum absolute atomic E-state index is 12.7. The van der Waals surface area contributed by atoms with E-state index in [4.69, 9.17) is 4.74 Å². The van der Waals surface area contributed by atoms with Crippen molar-refractivity contribution in [2.24, 2.45) is 0 Å². The van der Waals surface area contributed by atoms with Gasteiger partial charge in [-0.05, 0) is 24.5 Å². The van der Waals surface area contributed by atoms with Crippen molar-refractivity contribution in [1.82, 2.24) is 4.90 Å². The van der Waals surface area contributed by atoms with Crippen LogP contribution in [-0.4, -0.2) is 22.8 Å². The average molecular weight is 335 g/mol. The lowest BCUT2D eigenvalue weighted by atomic mass is 9.89. The van der Waals surface area contributed by atoms with Gasteiger partial charge in [-0.3, -0.25) is 4.90 Å². The predicted molar refractivity (Wildman–Crippen MR) is 96.0 cm³/mol. The topological polar surface area (TPSA) is 46.6 Å². The molecule has 0 N–H and O–H groups in total. The Labute approximate surface area is 147 Å². The van der Waals surface area contributed by atoms with E-state index >= 15 is 0 Å². The molecule has 4 nitrogen and oxygen atoms in total. The van der Waals surface area contributed by atoms with E-state index in [1.54, 1.807) is 17.9 Å². The Morgan fingerprint density at radius 3 is 2.16 bits per heavy atom. The fourth-order valence-electron chi connectivity index (χ4n) is 3.37. The van der Waals surface area contributed by atoms with Gasteiger partial charge in [0.25, 0.3) is 0 Å². The van der Waals surface area contributed by atoms with Crippen LogP contribution in [0.5, 0.6) is 0 Å². The maximum Gasteiger partial charge on any atom is 0.411 e. The summed E-state index contributed by atoms with van der Waals surface area (Å²) in [6.07, 6.45) is 1.86. The van der Waals surface area contributed by atoms with E-state index in [1.165, 1.54) is 0 Å². The van der Waals surface area contributed by atoms with Crippen molar-refractivity contribution >= 4 is 12.4 Å². The molecular weight excluding hydrogens is 314 g/mol. The molecule has 0 saturated carbocycles. The molecule has 0 spiro atoms. The molecule has 3 rings (SSSR count). The zero-order chi connectivity index (χ0) is 17.9. The molecule has 1 aliphatic heterocycles. The molecule has 2 aromatic carbocycles. The molecule has 0 aliphatic carbocycles. The quantitative estimate of drug-likeness (QED) is 0.578. The Kier molecular flexibility index (Phi) is 4.70. The highest BCUT2D eigenvalue weighted by Crippen LogP contribution is 2.46. The summed E-state index contributed by atoms with van der Waals surface area (Å²) in [4.78, 5) is 26.2. The predicted octanol–water partition coefficient (Wildman–Crippen LogP) is 4.45. The highest BCUT2D eigenvalue weighted by Gasteiger charge is 2.51. The van der Waals surface area contributed by atoms with Gasteiger partial charge in [-0.15, -0.1) is 6.58 Å². The molecule has 25 heavy (non-hydrogen) atoms. The third-order valence-corrected chi connectivity index (χ3v) is 4.62. The average Bonchev–Trinajstić information content (AvgIpc) is 3.01. The lowest BCUT2D eigenvalue weighted by molar-refractivity contribution is -0.116. The first-order chi connectivity index (χ1) is 12.1. The van der Waals surface area contributed by atoms with Gasteiger partial charge in [0.05, 0.1) is 0 Å². The van der Waals surface area contributed by atoms with Gasteiger partial charge < -0.3 is 9.53 Å². The largest absolute Gasteiger partial charge is 0.439 e. The van der Waals surface area contributed by atoms with Crippen LogP contribution < -0.4 is 0 Å². The van der Waals surface area contributed by atoms with E-state index in [-0.39, 0.29) is 6.04 Å². The Hall–Kier alpha value is -2.88. The van der Waals surface area contributed by atoms with Crippen molar-refractivity contribution in [1.29, 1.82) is 0 Å². The number of hydrogen-bond acceptors (Lipinski definition) is 3. The van der Waals surface area contributed by atoms with E-state index < -0.39 is 17.7 Å². The summed E-state index contributed by atoms with van der Waals surface area (Å²) in [6.45, 7) is 5.47. The molecule has 1 fully saturated rings. The van der Waals surface area contributed by atoms with Crippen LogP contribution in [0.4, 0.5) is 4.79 Å². The van der Waals surface area contributed by atoms with Gasteiger partial charge in [-0.1, -0.05) is 66.7 Å². The minimum absolute atomic E-state index is 0.358. The summed E-state index contributed by atoms with van der Waals surface area (Å²) in [5, 5.41) is 0. The van der Waals surface area contributed by atoms with Gasteiger partial charge in [-0.25, -0.2) is 4.79 Å². The minimum atomic E-state index is -1.01. The van der Waals surface area contributed by atoms with Crippen molar-refractivity contribution < 1.29 is 14.3 Å². The monoisotopic (exact) mass is 335 g/mol. The van der Waals surface area contributed by atoms with E-state index in [0.29, 0.717) is 6.42 Å². The number of ether oxygens (including phenoxy) is 1. The molecule has 3 atom stereocenters. The molecule has 128 valence electrons. The van der Waals surface area contributed by atoms with E-state index in [2.05, 4.69) is 6.58 Å². The van der Waals surface area contributed by atoms with Crippen LogP contribution in [0, 0.1) is 0 Å². The molecule has 0 aromatic heterocycles. The lowest BCUT2D eigenvalue weighted by Gasteiger charge is -2.36. The number of benzene rings is 2. The number of carbonyl (C=O) groups excluding carboxylic acids is 2. The van der Waals surface area contributed by atoms with Gasteiger partial charge in [0, 0.05) is 0 Å². The second-order valence-electron chi connectivity index (χ2n) is 6.41. The third kappa shape index (κ3) is 3.07. The zero-order valence-corrected chi connectivity index (χ0v) is 14.2. The van der Waals surface area contributed by atoms with Crippen LogP contribution >= 0.6 is 0 Å². The number of hydrogen-bond donors (Lipinski definition) is 0. The van der Waals surface area contributed by atoms with Crippen LogP contribution in [0.15, 0.2) is 73.3 Å². The van der Waals surface area contributed by atoms with E-state index in [9.17, 15) is 9.59 Å². The van der Waals surface area contributed by atoms with Crippen LogP contribution in [0.1, 0.15) is 36.6 Å². The van der Waals surface area contributed by atoms with Gasteiger partial charge in [0.1, 0.15) is 17.9 Å². The molecule has 1 aliphatic rings. The van der Waals surface area contributed by atoms with Crippen molar-refractivity contribution in [3.8, 4) is 0 Å². The first-order valence-electron chi connectivity index (χ1n) is 8.28. The SMILES string of the molecule is C=CC[C@](C)(C=O)N1C(=O)O[C@H](c2ccccc2)[C@@H]1c1ccccc1. The van der Waals surface area contributed by atoms with Gasteiger partial charge in [0.15, 0.2) is 6.10 Å². The highest BCUT2D eigenvalue weighted by atomic mass is 16.6. The number of cyclic esters (lactones) is 1. The molecule has 2 aromatic rings. The molecule has 1 heterocycles. The van der Waals surface area contributed by atoms with Crippen LogP contribution in [-0.2, 0) is 9.53 Å². The summed E-state index contributed by atoms with van der Waals surface area (Å²) < 4.78 is 5.72. The maximum atomic E-state index is 12.7. The van der Waals surface area contributed by atoms with Crippen molar-refractivity contribution in [2.75, 3.05) is 0 Å². The van der Waals surface area contributed by atoms with Gasteiger partial charge in [0.2, 0.25) is 0 Å². The number of amides is 1. The number of rotatable bonds is 6. The molecule has 0 bridgehead atoms. The number of aldehydes is 1. The molecule has 0 unspecified atom stereocenters. The third-order valence-electron chi connectivity index (χ3n) is 4.62. The van der Waals surface area contributed by atoms with Crippen LogP contribution in [0.2, 0.25) is 0 Å². The summed E-state index contributed by atoms with van der Waals surface area (Å²) in [6, 6.07) is 18.9. The summed E-state index contributed by atoms with van der Waals surface area (Å²) >= 11 is 0. The Bertz CT molecular complexity index is 759. The minimum Gasteiger partial charge on any atom is -0.439 e. The Morgan fingerprint density at radius 2 is 1.64 bits per heavy atom. The molecule has 4 heteroatoms. The molecular formula is C21H21NO3. The van der Waals surface area contributed by atoms with E-state index in [1.807, 2.05) is 60.7 Å². The smallest absolute Gasteiger partial charge is 0.411 e. The molecule has 0 radical (unpaired) electrons. The first kappa shape index (κ1) is 17.0. The standard InChI is InChI=1S/C21H21NO3/c1-3-14-21(2,15-23)22-18(16-10-6-4-7-11-16)19(25-20(22)24)17-12-8-5-9-13-17/h3-13,15,18-19H,1,14H2,2H3/t18-,19+,21+/m0/s1. The van der Waals surface area contributed by atoms with Crippen molar-refractivity contribution in [2.45, 2.75) is 31.0 Å². The Morgan fingerprint density at radius 1 is 1.08 bits per heavy atom. The lowest BCUT2D eigenvalue weighted by Crippen LogP contribution is -2.49. The zero-order valence-electron chi connectivity index (χ0n) is 14.2. The van der Waals surface area contributed by atoms with E-state index in [0.717, 1.165) is 17.4 Å². The summed E-state index contributed by atoms with van der Waals surface area (Å²) in [7, 11) is 0. The van der Waals surface area contributed by atoms with Crippen LogP contribution in [0.3, 0.4) is 0 Å². The molecule has 1 saturated heterocycles. The van der Waals surface area contributed by atoms with Crippen LogP contribution in [0.25, 0.3) is 0 Å². The first-order valence-corrected chi connectivity index (χ1v) is 8.28. The number of nitrogens with zero attached hydrogens (tertiary/aromatic N) is 1. The fourth-order valence-corrected chi connectivity index (χ4v) is 3.37. The Balaban J connectivity index is 2.12. The second kappa shape index (κ2) is 6.93. The number of carbonyl (C=O) groups is 2. The van der Waals surface area contributed by atoms with Gasteiger partial charge >= 0.3 is 6.09 Å². The summed E-state index contributed by atoms with van der Waals surface area (Å²) in [5.41, 5.74) is 0.821. The fraction of sp³-hybridized carbons (Fsp3) is 0.238. The highest BCUT2D eigenvalue weighted by molar-refractivity contribution is 5.79. The summed E-state index contributed by atoms with van der Waals surface area (Å²) in [5.74, 6) is 0. The van der Waals surface area contributed by atoms with Crippen molar-refractivity contribution in [3.05, 3.63) is 84.4 Å². The van der Waals surface area contributed by atoms with Crippen molar-refractivity contribution in [3.63, 3.8) is 0 Å². The molecule has 1 amide bonds. The normalized spacial score (nSPS) is 22.1. The van der Waals surface area contributed by atoms with Gasteiger partial charge in [-0.2, -0.15) is 0 Å².